The molecule has 1 aromatic heterocycles. The first-order valence-electron chi connectivity index (χ1n) is 14.0. The normalized spacial score (nSPS) is 23.6. The van der Waals surface area contributed by atoms with Crippen molar-refractivity contribution in [3.05, 3.63) is 88.6 Å². The molecule has 1 saturated carbocycles. The first kappa shape index (κ1) is 25.1. The van der Waals surface area contributed by atoms with E-state index in [2.05, 4.69) is 69.0 Å². The molecule has 7 heteroatoms. The quantitative estimate of drug-likeness (QED) is 0.305. The summed E-state index contributed by atoms with van der Waals surface area (Å²) in [6.45, 7) is 4.71. The smallest absolute Gasteiger partial charge is 0.235 e. The van der Waals surface area contributed by atoms with Gasteiger partial charge in [0.15, 0.2) is 0 Å². The largest absolute Gasteiger partial charge is 0.497 e. The third-order valence-corrected chi connectivity index (χ3v) is 9.09. The number of aromatic amines is 1. The molecule has 1 saturated heterocycles. The SMILES string of the molecule is COc1ccc2c(c1)C1(CC1c1ccc3c(/C=C/c4ccc(CN5CCC(C)(O)CC5)cc4)n[nH]c3c1)C(=O)N2. The van der Waals surface area contributed by atoms with Crippen molar-refractivity contribution < 1.29 is 14.6 Å². The van der Waals surface area contributed by atoms with Gasteiger partial charge >= 0.3 is 0 Å². The van der Waals surface area contributed by atoms with E-state index in [0.717, 1.165) is 83.6 Å². The first-order chi connectivity index (χ1) is 19.3. The molecule has 204 valence electrons. The lowest BCUT2D eigenvalue weighted by molar-refractivity contribution is -0.118. The number of likely N-dealkylation sites (tertiary alicyclic amines) is 1. The van der Waals surface area contributed by atoms with Gasteiger partial charge in [0.1, 0.15) is 5.75 Å². The molecule has 3 aliphatic rings. The number of fused-ring (bicyclic) bond motifs is 3. The van der Waals surface area contributed by atoms with Crippen LogP contribution in [0.15, 0.2) is 60.7 Å². The number of hydrogen-bond acceptors (Lipinski definition) is 5. The van der Waals surface area contributed by atoms with E-state index in [1.165, 1.54) is 5.56 Å². The van der Waals surface area contributed by atoms with Gasteiger partial charge in [-0.1, -0.05) is 42.5 Å². The lowest BCUT2D eigenvalue weighted by Gasteiger charge is -2.35. The third-order valence-electron chi connectivity index (χ3n) is 9.09. The molecule has 3 N–H and O–H groups in total. The van der Waals surface area contributed by atoms with Crippen molar-refractivity contribution in [1.82, 2.24) is 15.1 Å². The highest BCUT2D eigenvalue weighted by Crippen LogP contribution is 2.65. The van der Waals surface area contributed by atoms with Crippen LogP contribution < -0.4 is 10.1 Å². The number of methoxy groups -OCH3 is 1. The third kappa shape index (κ3) is 4.30. The van der Waals surface area contributed by atoms with Crippen molar-refractivity contribution in [2.75, 3.05) is 25.5 Å². The molecule has 2 aliphatic heterocycles. The molecule has 1 spiro atoms. The molecule has 7 rings (SSSR count). The van der Waals surface area contributed by atoms with Crippen molar-refractivity contribution >= 4 is 34.6 Å². The molecule has 0 radical (unpaired) electrons. The molecule has 2 fully saturated rings. The van der Waals surface area contributed by atoms with Crippen molar-refractivity contribution in [2.45, 2.75) is 49.7 Å². The minimum absolute atomic E-state index is 0.0733. The monoisotopic (exact) mass is 534 g/mol. The second-order valence-corrected chi connectivity index (χ2v) is 11.9. The highest BCUT2D eigenvalue weighted by Gasteiger charge is 2.65. The molecule has 40 heavy (non-hydrogen) atoms. The molecular weight excluding hydrogens is 500 g/mol. The second kappa shape index (κ2) is 9.32. The number of nitrogens with zero attached hydrogens (tertiary/aromatic N) is 2. The summed E-state index contributed by atoms with van der Waals surface area (Å²) in [6, 6.07) is 20.8. The summed E-state index contributed by atoms with van der Waals surface area (Å²) in [6.07, 6.45) is 6.58. The Balaban J connectivity index is 1.05. The molecule has 7 nitrogen and oxygen atoms in total. The van der Waals surface area contributed by atoms with E-state index < -0.39 is 11.0 Å². The molecule has 1 amide bonds. The van der Waals surface area contributed by atoms with Crippen molar-refractivity contribution in [3.63, 3.8) is 0 Å². The van der Waals surface area contributed by atoms with Gasteiger partial charge < -0.3 is 15.2 Å². The van der Waals surface area contributed by atoms with E-state index in [9.17, 15) is 9.90 Å². The van der Waals surface area contributed by atoms with Crippen molar-refractivity contribution in [1.29, 1.82) is 0 Å². The van der Waals surface area contributed by atoms with Crippen molar-refractivity contribution in [2.24, 2.45) is 0 Å². The first-order valence-corrected chi connectivity index (χ1v) is 14.0. The Kier molecular flexibility index (Phi) is 5.84. The van der Waals surface area contributed by atoms with Gasteiger partial charge in [-0.15, -0.1) is 0 Å². The standard InChI is InChI=1S/C33H34N4O3/c1-32(39)13-15-37(16-14-32)20-22-5-3-21(4-6-22)7-11-28-25-10-8-23(17-30(25)36-35-28)27-19-33(27)26-18-24(40-2)9-12-29(26)34-31(33)38/h3-12,17-18,27,39H,13-16,19-20H2,1-2H3,(H,34,38)(H,35,36)/b11-7+. The molecule has 2 unspecified atom stereocenters. The Morgan fingerprint density at radius 1 is 1.07 bits per heavy atom. The van der Waals surface area contributed by atoms with Crippen LogP contribution in [0.2, 0.25) is 0 Å². The zero-order valence-corrected chi connectivity index (χ0v) is 22.9. The van der Waals surface area contributed by atoms with Crippen LogP contribution in [0.1, 0.15) is 60.1 Å². The molecule has 2 atom stereocenters. The number of carbonyl (C=O) groups is 1. The molecule has 0 bridgehead atoms. The summed E-state index contributed by atoms with van der Waals surface area (Å²) in [4.78, 5) is 15.4. The van der Waals surface area contributed by atoms with Crippen LogP contribution >= 0.6 is 0 Å². The molecule has 4 aromatic rings. The molecule has 3 heterocycles. The van der Waals surface area contributed by atoms with Gasteiger partial charge in [-0.25, -0.2) is 0 Å². The number of aliphatic hydroxyl groups is 1. The Morgan fingerprint density at radius 3 is 2.65 bits per heavy atom. The Morgan fingerprint density at radius 2 is 1.88 bits per heavy atom. The fraction of sp³-hybridized carbons (Fsp3) is 0.333. The Hall–Kier alpha value is -3.94. The van der Waals surface area contributed by atoms with Crippen LogP contribution in [0.25, 0.3) is 23.1 Å². The van der Waals surface area contributed by atoms with Gasteiger partial charge in [0.05, 0.1) is 29.3 Å². The number of ether oxygens (including phenoxy) is 1. The van der Waals surface area contributed by atoms with Gasteiger partial charge in [0, 0.05) is 36.6 Å². The predicted octanol–water partition coefficient (Wildman–Crippen LogP) is 5.47. The number of amides is 1. The Bertz CT molecular complexity index is 1630. The fourth-order valence-corrected chi connectivity index (χ4v) is 6.46. The van der Waals surface area contributed by atoms with Gasteiger partial charge in [-0.05, 0) is 78.8 Å². The number of aromatic nitrogens is 2. The topological polar surface area (TPSA) is 90.5 Å². The average Bonchev–Trinajstić information content (AvgIpc) is 3.50. The van der Waals surface area contributed by atoms with Crippen LogP contribution in [0.3, 0.4) is 0 Å². The second-order valence-electron chi connectivity index (χ2n) is 11.9. The highest BCUT2D eigenvalue weighted by molar-refractivity contribution is 6.10. The van der Waals surface area contributed by atoms with E-state index in [1.54, 1.807) is 7.11 Å². The van der Waals surface area contributed by atoms with Crippen LogP contribution in [0, 0.1) is 0 Å². The van der Waals surface area contributed by atoms with Crippen LogP contribution in [0.5, 0.6) is 5.75 Å². The lowest BCUT2D eigenvalue weighted by atomic mass is 9.91. The summed E-state index contributed by atoms with van der Waals surface area (Å²) >= 11 is 0. The van der Waals surface area contributed by atoms with E-state index in [-0.39, 0.29) is 11.8 Å². The number of benzene rings is 3. The van der Waals surface area contributed by atoms with E-state index in [4.69, 9.17) is 4.74 Å². The van der Waals surface area contributed by atoms with Crippen molar-refractivity contribution in [3.8, 4) is 5.75 Å². The van der Waals surface area contributed by atoms with Gasteiger partial charge in [-0.3, -0.25) is 14.8 Å². The maximum atomic E-state index is 13.0. The summed E-state index contributed by atoms with van der Waals surface area (Å²) < 4.78 is 5.43. The van der Waals surface area contributed by atoms with E-state index >= 15 is 0 Å². The van der Waals surface area contributed by atoms with Gasteiger partial charge in [-0.2, -0.15) is 5.10 Å². The van der Waals surface area contributed by atoms with Gasteiger partial charge in [0.2, 0.25) is 5.91 Å². The highest BCUT2D eigenvalue weighted by atomic mass is 16.5. The predicted molar refractivity (Wildman–Crippen MR) is 157 cm³/mol. The van der Waals surface area contributed by atoms with E-state index in [1.807, 2.05) is 31.2 Å². The maximum absolute atomic E-state index is 13.0. The van der Waals surface area contributed by atoms with Crippen LogP contribution in [-0.2, 0) is 16.8 Å². The molecule has 1 aliphatic carbocycles. The Labute approximate surface area is 233 Å². The van der Waals surface area contributed by atoms with E-state index in [0.29, 0.717) is 0 Å². The fourth-order valence-electron chi connectivity index (χ4n) is 6.46. The number of rotatable bonds is 6. The molecular formula is C33H34N4O3. The zero-order valence-electron chi connectivity index (χ0n) is 22.9. The number of anilines is 1. The van der Waals surface area contributed by atoms with Crippen LogP contribution in [-0.4, -0.2) is 51.9 Å². The van der Waals surface area contributed by atoms with Gasteiger partial charge in [0.25, 0.3) is 0 Å². The number of hydrogen-bond donors (Lipinski definition) is 3. The maximum Gasteiger partial charge on any atom is 0.235 e. The number of nitrogens with one attached hydrogen (secondary N) is 2. The van der Waals surface area contributed by atoms with Crippen LogP contribution in [0.4, 0.5) is 5.69 Å². The number of piperidine rings is 1. The minimum Gasteiger partial charge on any atom is -0.497 e. The number of H-pyrrole nitrogens is 1. The minimum atomic E-state index is -0.517. The average molecular weight is 535 g/mol. The summed E-state index contributed by atoms with van der Waals surface area (Å²) in [7, 11) is 1.65. The summed E-state index contributed by atoms with van der Waals surface area (Å²) in [5, 5.41) is 22.1. The summed E-state index contributed by atoms with van der Waals surface area (Å²) in [5.41, 5.74) is 6.30. The zero-order chi connectivity index (χ0) is 27.5. The molecule has 3 aromatic carbocycles. The summed E-state index contributed by atoms with van der Waals surface area (Å²) in [5.74, 6) is 0.973. The lowest BCUT2D eigenvalue weighted by Crippen LogP contribution is -2.41. The number of carbonyl (C=O) groups excluding carboxylic acids is 1.